The van der Waals surface area contributed by atoms with E-state index in [1.807, 2.05) is 25.5 Å². The molecule has 2 aromatic rings. The molecule has 0 radical (unpaired) electrons. The average molecular weight is 363 g/mol. The Labute approximate surface area is 152 Å². The number of hydrogen-bond acceptors (Lipinski definition) is 4. The van der Waals surface area contributed by atoms with Crippen LogP contribution in [0.25, 0.3) is 0 Å². The zero-order chi connectivity index (χ0) is 18.6. The highest BCUT2D eigenvalue weighted by atomic mass is 35.5. The van der Waals surface area contributed by atoms with E-state index in [0.717, 1.165) is 23.5 Å². The van der Waals surface area contributed by atoms with Gasteiger partial charge in [0.2, 0.25) is 0 Å². The first-order valence-electron chi connectivity index (χ1n) is 8.06. The minimum absolute atomic E-state index is 0.350. The van der Waals surface area contributed by atoms with Gasteiger partial charge in [0.15, 0.2) is 5.60 Å². The molecule has 1 heterocycles. The molecular formula is C18H23ClN4O2. The summed E-state index contributed by atoms with van der Waals surface area (Å²) < 4.78 is 7.62. The van der Waals surface area contributed by atoms with Gasteiger partial charge in [0, 0.05) is 22.8 Å². The molecule has 0 saturated heterocycles. The molecule has 0 bridgehead atoms. The second-order valence-corrected chi connectivity index (χ2v) is 6.60. The lowest BCUT2D eigenvalue weighted by molar-refractivity contribution is -0.134. The summed E-state index contributed by atoms with van der Waals surface area (Å²) >= 11 is 5.85. The van der Waals surface area contributed by atoms with Crippen molar-refractivity contribution in [3.05, 3.63) is 46.2 Å². The predicted molar refractivity (Wildman–Crippen MR) is 99.3 cm³/mol. The van der Waals surface area contributed by atoms with Crippen molar-refractivity contribution in [2.24, 2.45) is 5.10 Å². The molecule has 0 aliphatic rings. The van der Waals surface area contributed by atoms with Crippen molar-refractivity contribution >= 4 is 23.7 Å². The Hall–Kier alpha value is -2.34. The maximum absolute atomic E-state index is 12.4. The van der Waals surface area contributed by atoms with Crippen LogP contribution in [-0.4, -0.2) is 27.5 Å². The zero-order valence-corrected chi connectivity index (χ0v) is 15.9. The Kier molecular flexibility index (Phi) is 5.85. The summed E-state index contributed by atoms with van der Waals surface area (Å²) in [6.45, 7) is 10.1. The topological polar surface area (TPSA) is 68.5 Å². The molecule has 1 aromatic carbocycles. The summed E-state index contributed by atoms with van der Waals surface area (Å²) in [4.78, 5) is 12.4. The number of benzene rings is 1. The molecule has 0 aliphatic heterocycles. The Morgan fingerprint density at radius 1 is 1.36 bits per heavy atom. The van der Waals surface area contributed by atoms with Crippen LogP contribution in [-0.2, 0) is 11.3 Å². The summed E-state index contributed by atoms with van der Waals surface area (Å²) in [5, 5.41) is 9.08. The van der Waals surface area contributed by atoms with Crippen LogP contribution < -0.4 is 10.2 Å². The van der Waals surface area contributed by atoms with Gasteiger partial charge in [-0.2, -0.15) is 10.2 Å². The van der Waals surface area contributed by atoms with Gasteiger partial charge in [0.25, 0.3) is 5.91 Å². The standard InChI is InChI=1S/C18H23ClN4O2/c1-6-23-13(3)16(12(2)22-23)11-20-21-17(24)18(4,5)25-15-9-7-14(19)8-10-15/h7-11H,6H2,1-5H3,(H,21,24). The van der Waals surface area contributed by atoms with Crippen LogP contribution in [0.2, 0.25) is 5.02 Å². The van der Waals surface area contributed by atoms with Crippen LogP contribution in [0.4, 0.5) is 0 Å². The second-order valence-electron chi connectivity index (χ2n) is 6.17. The lowest BCUT2D eigenvalue weighted by Gasteiger charge is -2.24. The van der Waals surface area contributed by atoms with Crippen molar-refractivity contribution in [3.8, 4) is 5.75 Å². The van der Waals surface area contributed by atoms with Crippen LogP contribution in [0.1, 0.15) is 37.7 Å². The molecule has 0 fully saturated rings. The first kappa shape index (κ1) is 19.0. The number of rotatable bonds is 6. The maximum Gasteiger partial charge on any atom is 0.283 e. The Morgan fingerprint density at radius 3 is 2.56 bits per heavy atom. The molecular weight excluding hydrogens is 340 g/mol. The molecule has 134 valence electrons. The van der Waals surface area contributed by atoms with E-state index in [4.69, 9.17) is 16.3 Å². The summed E-state index contributed by atoms with van der Waals surface area (Å²) in [7, 11) is 0. The number of amides is 1. The summed E-state index contributed by atoms with van der Waals surface area (Å²) in [5.41, 5.74) is 4.23. The lowest BCUT2D eigenvalue weighted by Crippen LogP contribution is -2.44. The highest BCUT2D eigenvalue weighted by Crippen LogP contribution is 2.21. The van der Waals surface area contributed by atoms with E-state index in [2.05, 4.69) is 15.6 Å². The molecule has 0 saturated carbocycles. The molecule has 7 heteroatoms. The molecule has 1 amide bonds. The van der Waals surface area contributed by atoms with Gasteiger partial charge in [-0.1, -0.05) is 11.6 Å². The van der Waals surface area contributed by atoms with Crippen molar-refractivity contribution in [2.75, 3.05) is 0 Å². The van der Waals surface area contributed by atoms with Crippen molar-refractivity contribution in [1.82, 2.24) is 15.2 Å². The summed E-state index contributed by atoms with van der Waals surface area (Å²) in [6, 6.07) is 6.85. The number of aryl methyl sites for hydroxylation is 2. The number of carbonyl (C=O) groups excluding carboxylic acids is 1. The zero-order valence-electron chi connectivity index (χ0n) is 15.1. The molecule has 25 heavy (non-hydrogen) atoms. The number of hydrazone groups is 1. The van der Waals surface area contributed by atoms with Crippen LogP contribution in [0, 0.1) is 13.8 Å². The van der Waals surface area contributed by atoms with Crippen molar-refractivity contribution in [2.45, 2.75) is 46.8 Å². The van der Waals surface area contributed by atoms with Crippen molar-refractivity contribution < 1.29 is 9.53 Å². The Morgan fingerprint density at radius 2 is 2.00 bits per heavy atom. The second kappa shape index (κ2) is 7.70. The number of carbonyl (C=O) groups is 1. The molecule has 1 N–H and O–H groups in total. The molecule has 0 spiro atoms. The average Bonchev–Trinajstić information content (AvgIpc) is 2.84. The fraction of sp³-hybridized carbons (Fsp3) is 0.389. The number of nitrogens with zero attached hydrogens (tertiary/aromatic N) is 3. The van der Waals surface area contributed by atoms with Gasteiger partial charge in [-0.15, -0.1) is 0 Å². The minimum atomic E-state index is -1.08. The Balaban J connectivity index is 2.03. The van der Waals surface area contributed by atoms with Gasteiger partial charge < -0.3 is 4.74 Å². The Bertz CT molecular complexity index is 779. The van der Waals surface area contributed by atoms with Gasteiger partial charge in [0.05, 0.1) is 11.9 Å². The first-order chi connectivity index (χ1) is 11.7. The molecule has 0 aliphatic carbocycles. The van der Waals surface area contributed by atoms with Gasteiger partial charge >= 0.3 is 0 Å². The van der Waals surface area contributed by atoms with Gasteiger partial charge in [-0.3, -0.25) is 9.48 Å². The number of halogens is 1. The molecule has 6 nitrogen and oxygen atoms in total. The van der Waals surface area contributed by atoms with Crippen LogP contribution in [0.3, 0.4) is 0 Å². The number of nitrogens with one attached hydrogen (secondary N) is 1. The lowest BCUT2D eigenvalue weighted by atomic mass is 10.1. The van der Waals surface area contributed by atoms with Crippen LogP contribution in [0.15, 0.2) is 29.4 Å². The molecule has 2 rings (SSSR count). The van der Waals surface area contributed by atoms with E-state index >= 15 is 0 Å². The van der Waals surface area contributed by atoms with E-state index in [-0.39, 0.29) is 5.91 Å². The molecule has 0 unspecified atom stereocenters. The maximum atomic E-state index is 12.4. The van der Waals surface area contributed by atoms with Crippen LogP contribution >= 0.6 is 11.6 Å². The number of ether oxygens (including phenoxy) is 1. The van der Waals surface area contributed by atoms with E-state index in [9.17, 15) is 4.79 Å². The van der Waals surface area contributed by atoms with Gasteiger partial charge in [-0.25, -0.2) is 5.43 Å². The SMILES string of the molecule is CCn1nc(C)c(C=NNC(=O)C(C)(C)Oc2ccc(Cl)cc2)c1C. The van der Waals surface area contributed by atoms with Crippen LogP contribution in [0.5, 0.6) is 5.75 Å². The van der Waals surface area contributed by atoms with Gasteiger partial charge in [0.1, 0.15) is 5.75 Å². The summed E-state index contributed by atoms with van der Waals surface area (Å²) in [5.74, 6) is 0.210. The van der Waals surface area contributed by atoms with E-state index < -0.39 is 5.60 Å². The first-order valence-corrected chi connectivity index (χ1v) is 8.44. The van der Waals surface area contributed by atoms with E-state index in [0.29, 0.717) is 10.8 Å². The summed E-state index contributed by atoms with van der Waals surface area (Å²) in [6.07, 6.45) is 1.61. The normalized spacial score (nSPS) is 11.8. The van der Waals surface area contributed by atoms with Crippen molar-refractivity contribution in [3.63, 3.8) is 0 Å². The quantitative estimate of drug-likeness (QED) is 0.631. The third-order valence-corrected chi connectivity index (χ3v) is 4.08. The predicted octanol–water partition coefficient (Wildman–Crippen LogP) is 3.48. The minimum Gasteiger partial charge on any atom is -0.478 e. The highest BCUT2D eigenvalue weighted by molar-refractivity contribution is 6.30. The number of aromatic nitrogens is 2. The smallest absolute Gasteiger partial charge is 0.283 e. The third kappa shape index (κ3) is 4.60. The van der Waals surface area contributed by atoms with E-state index in [1.54, 1.807) is 44.3 Å². The number of hydrogen-bond donors (Lipinski definition) is 1. The monoisotopic (exact) mass is 362 g/mol. The van der Waals surface area contributed by atoms with Crippen molar-refractivity contribution in [1.29, 1.82) is 0 Å². The highest BCUT2D eigenvalue weighted by Gasteiger charge is 2.29. The third-order valence-electron chi connectivity index (χ3n) is 3.83. The van der Waals surface area contributed by atoms with E-state index in [1.165, 1.54) is 0 Å². The molecule has 0 atom stereocenters. The fourth-order valence-corrected chi connectivity index (χ4v) is 2.47. The van der Waals surface area contributed by atoms with Gasteiger partial charge in [-0.05, 0) is 58.9 Å². The largest absolute Gasteiger partial charge is 0.478 e. The molecule has 1 aromatic heterocycles. The fourth-order valence-electron chi connectivity index (χ4n) is 2.34.